The second-order valence-electron chi connectivity index (χ2n) is 10.3. The minimum Gasteiger partial charge on any atom is -0.377 e. The summed E-state index contributed by atoms with van der Waals surface area (Å²) in [5.41, 5.74) is 11.1. The molecular weight excluding hydrogens is 514 g/mol. The van der Waals surface area contributed by atoms with Crippen molar-refractivity contribution in [2.24, 2.45) is 5.73 Å². The van der Waals surface area contributed by atoms with Gasteiger partial charge >= 0.3 is 0 Å². The zero-order chi connectivity index (χ0) is 28.3. The number of ether oxygens (including phenoxy) is 5. The van der Waals surface area contributed by atoms with Gasteiger partial charge in [-0.05, 0) is 22.3 Å². The van der Waals surface area contributed by atoms with Crippen LogP contribution in [0.4, 0.5) is 0 Å². The highest BCUT2D eigenvalue weighted by molar-refractivity contribution is 5.17. The summed E-state index contributed by atoms with van der Waals surface area (Å²) in [7, 11) is 1.66. The van der Waals surface area contributed by atoms with Crippen molar-refractivity contribution in [1.29, 1.82) is 0 Å². The summed E-state index contributed by atoms with van der Waals surface area (Å²) in [6, 6.07) is 39.8. The van der Waals surface area contributed by atoms with Crippen molar-refractivity contribution in [3.8, 4) is 0 Å². The number of nitrogens with two attached hydrogens (primary N) is 1. The number of hydrogen-bond donors (Lipinski definition) is 1. The van der Waals surface area contributed by atoms with E-state index >= 15 is 0 Å². The molecule has 0 heterocycles. The summed E-state index contributed by atoms with van der Waals surface area (Å²) in [5.74, 6) is 0. The normalized spacial score (nSPS) is 24.2. The van der Waals surface area contributed by atoms with Crippen LogP contribution in [0.3, 0.4) is 0 Å². The third-order valence-electron chi connectivity index (χ3n) is 7.47. The molecule has 0 saturated heterocycles. The third kappa shape index (κ3) is 7.89. The van der Waals surface area contributed by atoms with Gasteiger partial charge in [0, 0.05) is 7.11 Å². The van der Waals surface area contributed by atoms with E-state index in [1.165, 1.54) is 0 Å². The zero-order valence-corrected chi connectivity index (χ0v) is 23.5. The fourth-order valence-corrected chi connectivity index (χ4v) is 5.32. The Morgan fingerprint density at radius 1 is 0.415 bits per heavy atom. The summed E-state index contributed by atoms with van der Waals surface area (Å²) in [6.45, 7) is 1.56. The Labute approximate surface area is 243 Å². The van der Waals surface area contributed by atoms with E-state index in [-0.39, 0.29) is 0 Å². The van der Waals surface area contributed by atoms with Crippen LogP contribution in [0.15, 0.2) is 121 Å². The molecule has 6 nitrogen and oxygen atoms in total. The summed E-state index contributed by atoms with van der Waals surface area (Å²) in [4.78, 5) is 0. The van der Waals surface area contributed by atoms with E-state index in [0.717, 1.165) is 22.3 Å². The summed E-state index contributed by atoms with van der Waals surface area (Å²) < 4.78 is 32.4. The van der Waals surface area contributed by atoms with Crippen molar-refractivity contribution in [3.63, 3.8) is 0 Å². The maximum atomic E-state index is 6.92. The molecular formula is C35H39NO5. The molecule has 6 atom stereocenters. The van der Waals surface area contributed by atoms with Gasteiger partial charge in [-0.25, -0.2) is 0 Å². The molecule has 0 bridgehead atoms. The molecule has 1 aliphatic carbocycles. The van der Waals surface area contributed by atoms with Gasteiger partial charge in [0.05, 0.1) is 32.5 Å². The van der Waals surface area contributed by atoms with Gasteiger partial charge in [0.1, 0.15) is 30.5 Å². The molecule has 4 aromatic rings. The predicted octanol–water partition coefficient (Wildman–Crippen LogP) is 5.68. The van der Waals surface area contributed by atoms with E-state index in [9.17, 15) is 0 Å². The highest BCUT2D eigenvalue weighted by atomic mass is 16.6. The summed E-state index contributed by atoms with van der Waals surface area (Å²) in [6.07, 6.45) is -2.48. The van der Waals surface area contributed by atoms with Gasteiger partial charge in [-0.3, -0.25) is 0 Å². The van der Waals surface area contributed by atoms with E-state index < -0.39 is 36.6 Å². The van der Waals surface area contributed by atoms with Crippen molar-refractivity contribution in [1.82, 2.24) is 0 Å². The lowest BCUT2D eigenvalue weighted by Gasteiger charge is -2.48. The zero-order valence-electron chi connectivity index (χ0n) is 23.5. The molecule has 41 heavy (non-hydrogen) atoms. The second-order valence-corrected chi connectivity index (χ2v) is 10.3. The minimum atomic E-state index is -0.512. The van der Waals surface area contributed by atoms with Crippen LogP contribution >= 0.6 is 0 Å². The number of methoxy groups -OCH3 is 1. The Balaban J connectivity index is 1.45. The molecule has 0 amide bonds. The molecule has 1 saturated carbocycles. The van der Waals surface area contributed by atoms with Crippen LogP contribution in [0.2, 0.25) is 0 Å². The molecule has 0 radical (unpaired) electrons. The van der Waals surface area contributed by atoms with E-state index in [1.807, 2.05) is 121 Å². The molecule has 0 spiro atoms. The van der Waals surface area contributed by atoms with Crippen LogP contribution in [0.25, 0.3) is 0 Å². The largest absolute Gasteiger partial charge is 0.377 e. The van der Waals surface area contributed by atoms with E-state index in [0.29, 0.717) is 26.4 Å². The van der Waals surface area contributed by atoms with Gasteiger partial charge in [0.25, 0.3) is 0 Å². The van der Waals surface area contributed by atoms with Gasteiger partial charge in [-0.1, -0.05) is 121 Å². The van der Waals surface area contributed by atoms with Crippen molar-refractivity contribution in [3.05, 3.63) is 144 Å². The van der Waals surface area contributed by atoms with E-state index in [4.69, 9.17) is 29.4 Å². The van der Waals surface area contributed by atoms with Crippen LogP contribution in [0.5, 0.6) is 0 Å². The SMILES string of the molecule is CO[C@H]1[C@@H](N)[C@H](OCc2ccccc2)[C@@H](OCc2ccccc2)[C@H](OCc2ccccc2)[C@H]1OCc1ccccc1. The lowest BCUT2D eigenvalue weighted by atomic mass is 9.82. The average molecular weight is 554 g/mol. The fraction of sp³-hybridized carbons (Fsp3) is 0.314. The Morgan fingerprint density at radius 2 is 0.683 bits per heavy atom. The molecule has 1 aliphatic rings. The van der Waals surface area contributed by atoms with Crippen LogP contribution in [0.1, 0.15) is 22.3 Å². The standard InChI is InChI=1S/C35H39NO5/c1-37-31-30(36)32(38-22-26-14-6-2-7-15-26)34(40-24-28-18-10-4-11-19-28)35(41-25-29-20-12-5-13-21-29)33(31)39-23-27-16-8-3-9-17-27/h2-21,30-35H,22-25,36H2,1H3/t30-,31+,32+,33+,34-,35-/m1/s1. The number of rotatable bonds is 13. The average Bonchev–Trinajstić information content (AvgIpc) is 3.03. The minimum absolute atomic E-state index is 0.387. The maximum Gasteiger partial charge on any atom is 0.115 e. The molecule has 0 aromatic heterocycles. The van der Waals surface area contributed by atoms with E-state index in [2.05, 4.69) is 0 Å². The number of hydrogen-bond acceptors (Lipinski definition) is 6. The van der Waals surface area contributed by atoms with Gasteiger partial charge < -0.3 is 29.4 Å². The first-order valence-electron chi connectivity index (χ1n) is 14.1. The second kappa shape index (κ2) is 15.0. The molecule has 2 N–H and O–H groups in total. The smallest absolute Gasteiger partial charge is 0.115 e. The van der Waals surface area contributed by atoms with Gasteiger partial charge in [0.15, 0.2) is 0 Å². The molecule has 0 unspecified atom stereocenters. The van der Waals surface area contributed by atoms with Gasteiger partial charge in [0.2, 0.25) is 0 Å². The van der Waals surface area contributed by atoms with Gasteiger partial charge in [-0.15, -0.1) is 0 Å². The first-order valence-corrected chi connectivity index (χ1v) is 14.1. The Hall–Kier alpha value is -3.36. The summed E-state index contributed by atoms with van der Waals surface area (Å²) in [5, 5.41) is 0. The molecule has 4 aromatic carbocycles. The van der Waals surface area contributed by atoms with Crippen molar-refractivity contribution < 1.29 is 23.7 Å². The van der Waals surface area contributed by atoms with Crippen molar-refractivity contribution >= 4 is 0 Å². The molecule has 1 fully saturated rings. The van der Waals surface area contributed by atoms with Crippen LogP contribution in [-0.4, -0.2) is 43.7 Å². The van der Waals surface area contributed by atoms with Gasteiger partial charge in [-0.2, -0.15) is 0 Å². The fourth-order valence-electron chi connectivity index (χ4n) is 5.32. The quantitative estimate of drug-likeness (QED) is 0.230. The molecule has 6 heteroatoms. The molecule has 214 valence electrons. The Kier molecular flexibility index (Phi) is 10.7. The summed E-state index contributed by atoms with van der Waals surface area (Å²) >= 11 is 0. The van der Waals surface area contributed by atoms with E-state index in [1.54, 1.807) is 7.11 Å². The first kappa shape index (κ1) is 29.1. The lowest BCUT2D eigenvalue weighted by molar-refractivity contribution is -0.251. The van der Waals surface area contributed by atoms with Crippen LogP contribution in [0, 0.1) is 0 Å². The van der Waals surface area contributed by atoms with Crippen molar-refractivity contribution in [2.45, 2.75) is 63.0 Å². The number of benzene rings is 4. The van der Waals surface area contributed by atoms with Crippen LogP contribution < -0.4 is 5.73 Å². The predicted molar refractivity (Wildman–Crippen MR) is 159 cm³/mol. The Morgan fingerprint density at radius 3 is 1.00 bits per heavy atom. The highest BCUT2D eigenvalue weighted by Gasteiger charge is 2.52. The maximum absolute atomic E-state index is 6.92. The highest BCUT2D eigenvalue weighted by Crippen LogP contribution is 2.33. The molecule has 0 aliphatic heterocycles. The third-order valence-corrected chi connectivity index (χ3v) is 7.47. The lowest BCUT2D eigenvalue weighted by Crippen LogP contribution is -2.69. The topological polar surface area (TPSA) is 72.2 Å². The Bertz CT molecular complexity index is 1280. The van der Waals surface area contributed by atoms with Crippen molar-refractivity contribution in [2.75, 3.05) is 7.11 Å². The first-order chi connectivity index (χ1) is 20.2. The monoisotopic (exact) mass is 553 g/mol. The molecule has 5 rings (SSSR count). The van der Waals surface area contributed by atoms with Crippen LogP contribution in [-0.2, 0) is 50.1 Å².